The van der Waals surface area contributed by atoms with Crippen molar-refractivity contribution in [2.45, 2.75) is 66.0 Å². The van der Waals surface area contributed by atoms with Crippen molar-refractivity contribution in [3.05, 3.63) is 35.4 Å². The first-order valence-corrected chi connectivity index (χ1v) is 8.78. The van der Waals surface area contributed by atoms with Crippen LogP contribution in [0.5, 0.6) is 0 Å². The van der Waals surface area contributed by atoms with E-state index < -0.39 is 0 Å². The molecule has 0 aromatic heterocycles. The van der Waals surface area contributed by atoms with Gasteiger partial charge in [0.2, 0.25) is 0 Å². The van der Waals surface area contributed by atoms with Crippen molar-refractivity contribution < 1.29 is 4.79 Å². The molecule has 0 aliphatic carbocycles. The Morgan fingerprint density at radius 1 is 1.04 bits per heavy atom. The minimum Gasteiger partial charge on any atom is -0.347 e. The first kappa shape index (κ1) is 18.0. The Bertz CT molecular complexity index is 520. The lowest BCUT2D eigenvalue weighted by Crippen LogP contribution is -2.45. The number of carbonyl (C=O) groups excluding carboxylic acids is 1. The molecule has 2 rings (SSSR count). The van der Waals surface area contributed by atoms with E-state index in [4.69, 9.17) is 0 Å². The van der Waals surface area contributed by atoms with E-state index in [0.29, 0.717) is 0 Å². The van der Waals surface area contributed by atoms with Crippen molar-refractivity contribution in [2.24, 2.45) is 5.41 Å². The van der Waals surface area contributed by atoms with E-state index in [1.54, 1.807) is 0 Å². The van der Waals surface area contributed by atoms with Crippen molar-refractivity contribution in [3.8, 4) is 0 Å². The van der Waals surface area contributed by atoms with Crippen LogP contribution < -0.4 is 5.32 Å². The van der Waals surface area contributed by atoms with Gasteiger partial charge in [-0.25, -0.2) is 0 Å². The minimum absolute atomic E-state index is 0.0203. The average Bonchev–Trinajstić information content (AvgIpc) is 2.88. The maximum absolute atomic E-state index is 12.5. The fraction of sp³-hybridized carbons (Fsp3) is 0.650. The molecule has 0 unspecified atom stereocenters. The van der Waals surface area contributed by atoms with E-state index in [0.717, 1.165) is 18.5 Å². The molecule has 1 saturated heterocycles. The van der Waals surface area contributed by atoms with Gasteiger partial charge in [0.05, 0.1) is 0 Å². The van der Waals surface area contributed by atoms with Crippen molar-refractivity contribution in [1.29, 1.82) is 0 Å². The Kier molecular flexibility index (Phi) is 5.51. The van der Waals surface area contributed by atoms with Crippen LogP contribution in [0.15, 0.2) is 24.3 Å². The van der Waals surface area contributed by atoms with E-state index in [2.05, 4.69) is 57.0 Å². The highest BCUT2D eigenvalue weighted by atomic mass is 16.1. The van der Waals surface area contributed by atoms with Crippen LogP contribution in [0, 0.1) is 5.41 Å². The van der Waals surface area contributed by atoms with Gasteiger partial charge in [-0.3, -0.25) is 9.69 Å². The molecule has 3 heteroatoms. The summed E-state index contributed by atoms with van der Waals surface area (Å²) in [6, 6.07) is 8.08. The Labute approximate surface area is 141 Å². The smallest absolute Gasteiger partial charge is 0.251 e. The van der Waals surface area contributed by atoms with Gasteiger partial charge >= 0.3 is 0 Å². The molecule has 0 saturated carbocycles. The van der Waals surface area contributed by atoms with Crippen molar-refractivity contribution >= 4 is 5.91 Å². The zero-order valence-corrected chi connectivity index (χ0v) is 15.4. The molecule has 1 fully saturated rings. The van der Waals surface area contributed by atoms with Crippen LogP contribution >= 0.6 is 0 Å². The van der Waals surface area contributed by atoms with E-state index in [1.807, 2.05) is 12.1 Å². The number of rotatable bonds is 5. The lowest BCUT2D eigenvalue weighted by molar-refractivity contribution is 0.0891. The van der Waals surface area contributed by atoms with Crippen LogP contribution in [-0.4, -0.2) is 29.4 Å². The third-order valence-corrected chi connectivity index (χ3v) is 4.25. The second-order valence-corrected chi connectivity index (χ2v) is 8.76. The molecule has 1 amide bonds. The Morgan fingerprint density at radius 2 is 1.61 bits per heavy atom. The second-order valence-electron chi connectivity index (χ2n) is 8.76. The molecule has 0 radical (unpaired) electrons. The van der Waals surface area contributed by atoms with Crippen LogP contribution in [0.2, 0.25) is 0 Å². The Morgan fingerprint density at radius 3 is 2.13 bits per heavy atom. The number of amides is 1. The van der Waals surface area contributed by atoms with Crippen molar-refractivity contribution in [2.75, 3.05) is 13.1 Å². The standard InChI is InChI=1S/C20H32N2O/c1-19(2,3)15-20(4,5)21-18(23)17-10-8-16(9-11-17)14-22-12-6-7-13-22/h8-11H,6-7,12-15H2,1-5H3,(H,21,23). The van der Waals surface area contributed by atoms with Crippen LogP contribution in [-0.2, 0) is 6.54 Å². The van der Waals surface area contributed by atoms with Gasteiger partial charge in [-0.2, -0.15) is 0 Å². The molecule has 1 N–H and O–H groups in total. The first-order valence-electron chi connectivity index (χ1n) is 8.78. The molecular weight excluding hydrogens is 284 g/mol. The van der Waals surface area contributed by atoms with E-state index in [-0.39, 0.29) is 16.9 Å². The quantitative estimate of drug-likeness (QED) is 0.882. The highest BCUT2D eigenvalue weighted by molar-refractivity contribution is 5.94. The fourth-order valence-electron chi connectivity index (χ4n) is 3.71. The molecule has 1 aromatic carbocycles. The second kappa shape index (κ2) is 7.04. The zero-order valence-electron chi connectivity index (χ0n) is 15.4. The van der Waals surface area contributed by atoms with E-state index >= 15 is 0 Å². The number of carbonyl (C=O) groups is 1. The van der Waals surface area contributed by atoms with E-state index in [9.17, 15) is 4.79 Å². The minimum atomic E-state index is -0.205. The van der Waals surface area contributed by atoms with Crippen LogP contribution in [0.1, 0.15) is 69.8 Å². The zero-order chi connectivity index (χ0) is 17.1. The summed E-state index contributed by atoms with van der Waals surface area (Å²) in [6.07, 6.45) is 3.56. The molecule has 0 atom stereocenters. The summed E-state index contributed by atoms with van der Waals surface area (Å²) in [5, 5.41) is 3.17. The number of benzene rings is 1. The molecule has 0 spiro atoms. The normalized spacial score (nSPS) is 16.6. The molecule has 1 heterocycles. The van der Waals surface area contributed by atoms with Gasteiger partial charge in [0.25, 0.3) is 5.91 Å². The van der Waals surface area contributed by atoms with Gasteiger partial charge in [-0.05, 0) is 69.3 Å². The molecule has 128 valence electrons. The summed E-state index contributed by atoms with van der Waals surface area (Å²) in [5.74, 6) is 0.0203. The van der Waals surface area contributed by atoms with Gasteiger partial charge in [0.15, 0.2) is 0 Å². The van der Waals surface area contributed by atoms with Gasteiger partial charge in [0, 0.05) is 17.6 Å². The van der Waals surface area contributed by atoms with Gasteiger partial charge in [-0.1, -0.05) is 32.9 Å². The number of nitrogens with one attached hydrogen (secondary N) is 1. The van der Waals surface area contributed by atoms with Crippen molar-refractivity contribution in [3.63, 3.8) is 0 Å². The summed E-state index contributed by atoms with van der Waals surface area (Å²) in [4.78, 5) is 15.0. The molecule has 1 aliphatic rings. The molecule has 23 heavy (non-hydrogen) atoms. The predicted molar refractivity (Wildman–Crippen MR) is 96.6 cm³/mol. The van der Waals surface area contributed by atoms with Crippen LogP contribution in [0.4, 0.5) is 0 Å². The lowest BCUT2D eigenvalue weighted by atomic mass is 9.81. The van der Waals surface area contributed by atoms with Crippen LogP contribution in [0.25, 0.3) is 0 Å². The average molecular weight is 316 g/mol. The molecule has 1 aromatic rings. The summed E-state index contributed by atoms with van der Waals surface area (Å²) in [5.41, 5.74) is 2.02. The number of hydrogen-bond donors (Lipinski definition) is 1. The lowest BCUT2D eigenvalue weighted by Gasteiger charge is -2.33. The maximum Gasteiger partial charge on any atom is 0.251 e. The van der Waals surface area contributed by atoms with Crippen LogP contribution in [0.3, 0.4) is 0 Å². The molecular formula is C20H32N2O. The van der Waals surface area contributed by atoms with Gasteiger partial charge < -0.3 is 5.32 Å². The first-order chi connectivity index (χ1) is 10.6. The largest absolute Gasteiger partial charge is 0.347 e. The van der Waals surface area contributed by atoms with Crippen molar-refractivity contribution in [1.82, 2.24) is 10.2 Å². The molecule has 0 bridgehead atoms. The topological polar surface area (TPSA) is 32.3 Å². The molecule has 3 nitrogen and oxygen atoms in total. The summed E-state index contributed by atoms with van der Waals surface area (Å²) >= 11 is 0. The number of nitrogens with zero attached hydrogens (tertiary/aromatic N) is 1. The Hall–Kier alpha value is -1.35. The SMILES string of the molecule is CC(C)(C)CC(C)(C)NC(=O)c1ccc(CN2CCCC2)cc1. The van der Waals surface area contributed by atoms with E-state index in [1.165, 1.54) is 31.5 Å². The fourth-order valence-corrected chi connectivity index (χ4v) is 3.71. The third kappa shape index (κ3) is 5.98. The highest BCUT2D eigenvalue weighted by Gasteiger charge is 2.27. The highest BCUT2D eigenvalue weighted by Crippen LogP contribution is 2.27. The predicted octanol–water partition coefficient (Wildman–Crippen LogP) is 4.23. The third-order valence-electron chi connectivity index (χ3n) is 4.25. The summed E-state index contributed by atoms with van der Waals surface area (Å²) in [7, 11) is 0. The number of hydrogen-bond acceptors (Lipinski definition) is 2. The van der Waals surface area contributed by atoms with Gasteiger partial charge in [-0.15, -0.1) is 0 Å². The monoisotopic (exact) mass is 316 g/mol. The summed E-state index contributed by atoms with van der Waals surface area (Å²) < 4.78 is 0. The number of likely N-dealkylation sites (tertiary alicyclic amines) is 1. The molecule has 1 aliphatic heterocycles. The Balaban J connectivity index is 1.94. The van der Waals surface area contributed by atoms with Gasteiger partial charge in [0.1, 0.15) is 0 Å². The summed E-state index contributed by atoms with van der Waals surface area (Å²) in [6.45, 7) is 14.2. The maximum atomic E-state index is 12.5.